The lowest BCUT2D eigenvalue weighted by atomic mass is 10.2. The maximum atomic E-state index is 12.8. The number of guanidine groups is 1. The quantitative estimate of drug-likeness (QED) is 0.280. The minimum absolute atomic E-state index is 0.00388. The third-order valence-corrected chi connectivity index (χ3v) is 5.14. The zero-order chi connectivity index (χ0) is 26.9. The molecule has 3 N–H and O–H groups in total. The lowest BCUT2D eigenvalue weighted by Crippen LogP contribution is -2.38. The van der Waals surface area contributed by atoms with Crippen molar-refractivity contribution in [3.8, 4) is 5.75 Å². The summed E-state index contributed by atoms with van der Waals surface area (Å²) in [4.78, 5) is 39.4. The number of rotatable bonds is 7. The number of alkyl carbamates (subject to hydrolysis) is 1. The van der Waals surface area contributed by atoms with Gasteiger partial charge in [0.1, 0.15) is 10.6 Å². The van der Waals surface area contributed by atoms with E-state index in [0.29, 0.717) is 0 Å². The summed E-state index contributed by atoms with van der Waals surface area (Å²) < 4.78 is 40.6. The van der Waals surface area contributed by atoms with Crippen LogP contribution in [0, 0.1) is 0 Å². The van der Waals surface area contributed by atoms with Crippen molar-refractivity contribution in [1.29, 1.82) is 0 Å². The number of hydrogen-bond acceptors (Lipinski definition) is 8. The Labute approximate surface area is 209 Å². The molecule has 2 aromatic carbocycles. The number of hydrogen-bond donors (Lipinski definition) is 3. The van der Waals surface area contributed by atoms with Crippen LogP contribution in [0.3, 0.4) is 0 Å². The van der Waals surface area contributed by atoms with Gasteiger partial charge in [0.05, 0.1) is 23.6 Å². The van der Waals surface area contributed by atoms with Crippen molar-refractivity contribution in [1.82, 2.24) is 5.32 Å². The molecule has 0 heterocycles. The highest BCUT2D eigenvalue weighted by Crippen LogP contribution is 2.27. The van der Waals surface area contributed by atoms with Crippen molar-refractivity contribution in [3.63, 3.8) is 0 Å². The highest BCUT2D eigenvalue weighted by molar-refractivity contribution is 7.87. The van der Waals surface area contributed by atoms with E-state index in [1.165, 1.54) is 31.2 Å². The van der Waals surface area contributed by atoms with E-state index in [4.69, 9.17) is 13.7 Å². The summed E-state index contributed by atoms with van der Waals surface area (Å²) in [6.45, 7) is 7.71. The molecule has 3 amide bonds. The molecular formula is C23H28N4O8S. The summed E-state index contributed by atoms with van der Waals surface area (Å²) in [6.07, 6.45) is -2.86. The maximum absolute atomic E-state index is 12.8. The fraction of sp³-hybridized carbons (Fsp3) is 0.304. The van der Waals surface area contributed by atoms with Gasteiger partial charge in [-0.25, -0.2) is 9.59 Å². The van der Waals surface area contributed by atoms with E-state index >= 15 is 0 Å². The number of nitrogens with zero attached hydrogens (tertiary/aromatic N) is 1. The molecule has 12 nitrogen and oxygen atoms in total. The van der Waals surface area contributed by atoms with Gasteiger partial charge < -0.3 is 24.3 Å². The van der Waals surface area contributed by atoms with E-state index < -0.39 is 40.4 Å². The molecule has 0 aliphatic heterocycles. The highest BCUT2D eigenvalue weighted by Gasteiger charge is 2.21. The maximum Gasteiger partial charge on any atom is 0.437 e. The van der Waals surface area contributed by atoms with Crippen molar-refractivity contribution in [3.05, 3.63) is 48.5 Å². The number of aliphatic imine (C=N–C) groups is 1. The zero-order valence-corrected chi connectivity index (χ0v) is 21.2. The second-order valence-electron chi connectivity index (χ2n) is 7.84. The average Bonchev–Trinajstić information content (AvgIpc) is 2.73. The normalized spacial score (nSPS) is 11.6. The van der Waals surface area contributed by atoms with Crippen LogP contribution in [0.5, 0.6) is 5.75 Å². The molecule has 0 saturated carbocycles. The summed E-state index contributed by atoms with van der Waals surface area (Å²) in [5.41, 5.74) is 0.106. The molecule has 36 heavy (non-hydrogen) atoms. The van der Waals surface area contributed by atoms with Crippen LogP contribution >= 0.6 is 0 Å². The molecule has 0 bridgehead atoms. The first-order valence-corrected chi connectivity index (χ1v) is 12.2. The predicted molar refractivity (Wildman–Crippen MR) is 132 cm³/mol. The van der Waals surface area contributed by atoms with Gasteiger partial charge in [0.25, 0.3) is 0 Å². The van der Waals surface area contributed by atoms with Crippen LogP contribution in [0.15, 0.2) is 58.4 Å². The average molecular weight is 521 g/mol. The van der Waals surface area contributed by atoms with Gasteiger partial charge in [-0.2, -0.15) is 8.42 Å². The van der Waals surface area contributed by atoms with Crippen LogP contribution in [-0.4, -0.2) is 44.7 Å². The molecule has 13 heteroatoms. The molecule has 194 valence electrons. The van der Waals surface area contributed by atoms with Gasteiger partial charge in [-0.1, -0.05) is 18.2 Å². The van der Waals surface area contributed by atoms with Crippen LogP contribution < -0.4 is 20.1 Å². The SMILES string of the molecule is CC(=O)Nc1cc(S(=O)(=O)Oc2ccccc2)ccc1N/C(=N\C(=O)OC(C)C)NC(=O)OC(C)C. The summed E-state index contributed by atoms with van der Waals surface area (Å²) in [7, 11) is -4.26. The smallest absolute Gasteiger partial charge is 0.437 e. The first-order valence-electron chi connectivity index (χ1n) is 10.8. The monoisotopic (exact) mass is 520 g/mol. The molecule has 0 saturated heterocycles. The van der Waals surface area contributed by atoms with Gasteiger partial charge in [-0.05, 0) is 58.0 Å². The van der Waals surface area contributed by atoms with Gasteiger partial charge >= 0.3 is 22.3 Å². The largest absolute Gasteiger partial charge is 0.447 e. The third kappa shape index (κ3) is 9.25. The molecule has 0 aliphatic rings. The lowest BCUT2D eigenvalue weighted by molar-refractivity contribution is -0.114. The molecule has 2 aromatic rings. The first-order chi connectivity index (χ1) is 16.9. The van der Waals surface area contributed by atoms with E-state index in [9.17, 15) is 22.8 Å². The summed E-state index contributed by atoms with van der Waals surface area (Å²) in [5.74, 6) is -0.790. The summed E-state index contributed by atoms with van der Waals surface area (Å²) in [6, 6.07) is 11.5. The molecule has 0 unspecified atom stereocenters. The standard InChI is InChI=1S/C23H28N4O8S/c1-14(2)33-22(29)26-21(27-23(30)34-15(3)4)25-19-12-11-18(13-20(19)24-16(5)28)36(31,32)35-17-9-7-6-8-10-17/h6-15H,1-5H3,(H,24,28)(H2,25,26,27,29,30). The number of carbonyl (C=O) groups excluding carboxylic acids is 3. The minimum Gasteiger partial charge on any atom is -0.447 e. The molecule has 0 spiro atoms. The first kappa shape index (κ1) is 28.1. The van der Waals surface area contributed by atoms with Gasteiger partial charge in [0.15, 0.2) is 0 Å². The minimum atomic E-state index is -4.26. The Balaban J connectivity index is 2.42. The van der Waals surface area contributed by atoms with Crippen LogP contribution in [0.4, 0.5) is 21.0 Å². The van der Waals surface area contributed by atoms with Crippen molar-refractivity contribution in [2.75, 3.05) is 10.6 Å². The number of nitrogens with one attached hydrogen (secondary N) is 3. The molecule has 0 radical (unpaired) electrons. The molecule has 0 aliphatic carbocycles. The number of carbonyl (C=O) groups is 3. The van der Waals surface area contributed by atoms with E-state index in [0.717, 1.165) is 6.07 Å². The van der Waals surface area contributed by atoms with Crippen LogP contribution in [0.25, 0.3) is 0 Å². The number of benzene rings is 2. The van der Waals surface area contributed by atoms with Crippen molar-refractivity contribution in [2.45, 2.75) is 51.7 Å². The Morgan fingerprint density at radius 3 is 2.08 bits per heavy atom. The number of para-hydroxylation sites is 1. The van der Waals surface area contributed by atoms with Gasteiger partial charge in [0.2, 0.25) is 11.9 Å². The Hall–Kier alpha value is -4.13. The zero-order valence-electron chi connectivity index (χ0n) is 20.4. The van der Waals surface area contributed by atoms with Gasteiger partial charge in [-0.3, -0.25) is 10.1 Å². The number of ether oxygens (including phenoxy) is 2. The van der Waals surface area contributed by atoms with Crippen LogP contribution in [-0.2, 0) is 24.4 Å². The van der Waals surface area contributed by atoms with Gasteiger partial charge in [0, 0.05) is 6.92 Å². The Bertz CT molecular complexity index is 1230. The summed E-state index contributed by atoms with van der Waals surface area (Å²) in [5, 5.41) is 7.45. The molecular weight excluding hydrogens is 492 g/mol. The molecule has 0 fully saturated rings. The topological polar surface area (TPSA) is 161 Å². The van der Waals surface area contributed by atoms with Crippen molar-refractivity contribution < 1.29 is 36.5 Å². The third-order valence-electron chi connectivity index (χ3n) is 3.90. The Kier molecular flexibility index (Phi) is 9.79. The predicted octanol–water partition coefficient (Wildman–Crippen LogP) is 3.86. The summed E-state index contributed by atoms with van der Waals surface area (Å²) >= 11 is 0. The Morgan fingerprint density at radius 1 is 0.861 bits per heavy atom. The second-order valence-corrected chi connectivity index (χ2v) is 9.38. The second kappa shape index (κ2) is 12.5. The van der Waals surface area contributed by atoms with E-state index in [-0.39, 0.29) is 28.0 Å². The molecule has 2 rings (SSSR count). The van der Waals surface area contributed by atoms with Gasteiger partial charge in [-0.15, -0.1) is 4.99 Å². The molecule has 0 aromatic heterocycles. The lowest BCUT2D eigenvalue weighted by Gasteiger charge is -2.17. The molecule has 0 atom stereocenters. The fourth-order valence-electron chi connectivity index (χ4n) is 2.61. The number of amides is 3. The number of anilines is 2. The van der Waals surface area contributed by atoms with E-state index in [2.05, 4.69) is 20.9 Å². The van der Waals surface area contributed by atoms with Crippen LogP contribution in [0.1, 0.15) is 34.6 Å². The van der Waals surface area contributed by atoms with Crippen molar-refractivity contribution >= 4 is 45.5 Å². The van der Waals surface area contributed by atoms with Crippen molar-refractivity contribution in [2.24, 2.45) is 4.99 Å². The van der Waals surface area contributed by atoms with E-state index in [1.54, 1.807) is 45.9 Å². The Morgan fingerprint density at radius 2 is 1.50 bits per heavy atom. The fourth-order valence-corrected chi connectivity index (χ4v) is 3.56. The van der Waals surface area contributed by atoms with E-state index in [1.807, 2.05) is 0 Å². The highest BCUT2D eigenvalue weighted by atomic mass is 32.2. The van der Waals surface area contributed by atoms with Crippen LogP contribution in [0.2, 0.25) is 0 Å².